The van der Waals surface area contributed by atoms with Crippen molar-refractivity contribution in [2.75, 3.05) is 29.5 Å². The summed E-state index contributed by atoms with van der Waals surface area (Å²) in [5, 5.41) is 6.81. The molecule has 2 unspecified atom stereocenters. The molecule has 24 heavy (non-hydrogen) atoms. The van der Waals surface area contributed by atoms with Gasteiger partial charge in [-0.3, -0.25) is 9.59 Å². The second kappa shape index (κ2) is 8.94. The summed E-state index contributed by atoms with van der Waals surface area (Å²) in [6, 6.07) is 7.00. The number of amides is 2. The lowest BCUT2D eigenvalue weighted by molar-refractivity contribution is -0.126. The molecule has 2 amide bonds. The van der Waals surface area contributed by atoms with Gasteiger partial charge in [0.05, 0.1) is 0 Å². The van der Waals surface area contributed by atoms with E-state index in [0.29, 0.717) is 24.4 Å². The zero-order valence-electron chi connectivity index (χ0n) is 13.2. The third kappa shape index (κ3) is 4.79. The molecule has 5 nitrogen and oxygen atoms in total. The second-order valence-electron chi connectivity index (χ2n) is 5.81. The van der Waals surface area contributed by atoms with Crippen molar-refractivity contribution in [2.24, 2.45) is 0 Å². The highest BCUT2D eigenvalue weighted by Crippen LogP contribution is 2.24. The highest BCUT2D eigenvalue weighted by Gasteiger charge is 2.34. The summed E-state index contributed by atoms with van der Waals surface area (Å²) >= 11 is 7.84. The Morgan fingerprint density at radius 1 is 1.46 bits per heavy atom. The number of hydrogen-bond acceptors (Lipinski definition) is 4. The van der Waals surface area contributed by atoms with Crippen molar-refractivity contribution in [1.29, 1.82) is 0 Å². The number of rotatable bonds is 4. The first kappa shape index (κ1) is 19.4. The summed E-state index contributed by atoms with van der Waals surface area (Å²) < 4.78 is 0. The number of thioether (sulfide) groups is 1. The molecule has 0 aliphatic carbocycles. The van der Waals surface area contributed by atoms with Gasteiger partial charge in [0.2, 0.25) is 11.8 Å². The number of anilines is 1. The molecule has 2 heterocycles. The minimum atomic E-state index is -0.433. The van der Waals surface area contributed by atoms with E-state index in [1.54, 1.807) is 17.0 Å². The summed E-state index contributed by atoms with van der Waals surface area (Å²) in [4.78, 5) is 26.3. The third-order valence-corrected chi connectivity index (χ3v) is 5.46. The van der Waals surface area contributed by atoms with Gasteiger partial charge in [0.25, 0.3) is 0 Å². The minimum Gasteiger partial charge on any atom is -0.344 e. The van der Waals surface area contributed by atoms with Crippen LogP contribution in [0.25, 0.3) is 0 Å². The number of carbonyl (C=O) groups excluding carboxylic acids is 2. The van der Waals surface area contributed by atoms with Crippen LogP contribution in [0, 0.1) is 0 Å². The highest BCUT2D eigenvalue weighted by atomic mass is 35.5. The molecule has 2 N–H and O–H groups in total. The van der Waals surface area contributed by atoms with Crippen molar-refractivity contribution in [3.63, 3.8) is 0 Å². The molecule has 2 atom stereocenters. The SMILES string of the molecule is Cl.O=C(CC1CSCCN1)NC1CCN(c2cccc(Cl)c2)C1=O. The van der Waals surface area contributed by atoms with Crippen LogP contribution in [0.5, 0.6) is 0 Å². The fraction of sp³-hybridized carbons (Fsp3) is 0.500. The van der Waals surface area contributed by atoms with Gasteiger partial charge in [-0.25, -0.2) is 0 Å². The lowest BCUT2D eigenvalue weighted by Gasteiger charge is -2.23. The Labute approximate surface area is 157 Å². The Morgan fingerprint density at radius 2 is 2.29 bits per heavy atom. The normalized spacial score (nSPS) is 23.7. The first-order valence-corrected chi connectivity index (χ1v) is 9.34. The van der Waals surface area contributed by atoms with Crippen molar-refractivity contribution in [3.05, 3.63) is 29.3 Å². The van der Waals surface area contributed by atoms with Crippen molar-refractivity contribution < 1.29 is 9.59 Å². The molecular formula is C16H21Cl2N3O2S. The van der Waals surface area contributed by atoms with Gasteiger partial charge >= 0.3 is 0 Å². The molecule has 2 fully saturated rings. The fourth-order valence-corrected chi connectivity index (χ4v) is 4.08. The number of halogens is 2. The maximum Gasteiger partial charge on any atom is 0.249 e. The van der Waals surface area contributed by atoms with E-state index in [1.165, 1.54) is 0 Å². The van der Waals surface area contributed by atoms with E-state index in [0.717, 1.165) is 23.7 Å². The summed E-state index contributed by atoms with van der Waals surface area (Å²) in [6.07, 6.45) is 1.05. The van der Waals surface area contributed by atoms with Crippen LogP contribution in [-0.2, 0) is 9.59 Å². The Morgan fingerprint density at radius 3 is 3.00 bits per heavy atom. The molecular weight excluding hydrogens is 369 g/mol. The Bertz CT molecular complexity index is 596. The van der Waals surface area contributed by atoms with Crippen LogP contribution < -0.4 is 15.5 Å². The summed E-state index contributed by atoms with van der Waals surface area (Å²) in [6.45, 7) is 1.54. The molecule has 2 aliphatic heterocycles. The fourth-order valence-electron chi connectivity index (χ4n) is 2.94. The molecule has 0 aromatic heterocycles. The molecule has 3 rings (SSSR count). The van der Waals surface area contributed by atoms with Gasteiger partial charge < -0.3 is 15.5 Å². The van der Waals surface area contributed by atoms with Crippen molar-refractivity contribution in [3.8, 4) is 0 Å². The molecule has 0 spiro atoms. The van der Waals surface area contributed by atoms with Crippen molar-refractivity contribution in [1.82, 2.24) is 10.6 Å². The minimum absolute atomic E-state index is 0. The largest absolute Gasteiger partial charge is 0.344 e. The van der Waals surface area contributed by atoms with Gasteiger partial charge in [-0.15, -0.1) is 12.4 Å². The number of benzene rings is 1. The van der Waals surface area contributed by atoms with Crippen LogP contribution in [0.2, 0.25) is 5.02 Å². The molecule has 2 saturated heterocycles. The van der Waals surface area contributed by atoms with E-state index >= 15 is 0 Å². The molecule has 0 radical (unpaired) electrons. The summed E-state index contributed by atoms with van der Waals surface area (Å²) in [5.74, 6) is 1.91. The maximum absolute atomic E-state index is 12.5. The number of hydrogen-bond donors (Lipinski definition) is 2. The van der Waals surface area contributed by atoms with Crippen molar-refractivity contribution in [2.45, 2.75) is 24.9 Å². The zero-order valence-corrected chi connectivity index (χ0v) is 15.6. The predicted octanol–water partition coefficient (Wildman–Crippen LogP) is 2.08. The van der Waals surface area contributed by atoms with Crippen molar-refractivity contribution >= 4 is 53.3 Å². The average molecular weight is 390 g/mol. The lowest BCUT2D eigenvalue weighted by Crippen LogP contribution is -2.46. The van der Waals surface area contributed by atoms with E-state index < -0.39 is 6.04 Å². The van der Waals surface area contributed by atoms with Crippen LogP contribution in [0.15, 0.2) is 24.3 Å². The Balaban J connectivity index is 0.00000208. The van der Waals surface area contributed by atoms with Gasteiger partial charge in [0.1, 0.15) is 6.04 Å². The monoisotopic (exact) mass is 389 g/mol. The third-order valence-electron chi connectivity index (χ3n) is 4.09. The van der Waals surface area contributed by atoms with E-state index in [2.05, 4.69) is 10.6 Å². The van der Waals surface area contributed by atoms with Crippen LogP contribution in [-0.4, -0.2) is 48.5 Å². The van der Waals surface area contributed by atoms with E-state index in [-0.39, 0.29) is 30.3 Å². The van der Waals surface area contributed by atoms with Crippen LogP contribution in [0.4, 0.5) is 5.69 Å². The molecule has 2 aliphatic rings. The first-order valence-electron chi connectivity index (χ1n) is 7.81. The van der Waals surface area contributed by atoms with E-state index in [4.69, 9.17) is 11.6 Å². The van der Waals surface area contributed by atoms with Gasteiger partial charge in [-0.05, 0) is 24.6 Å². The standard InChI is InChI=1S/C16H20ClN3O2S.ClH/c17-11-2-1-3-13(8-11)20-6-4-14(16(20)22)19-15(21)9-12-10-23-7-5-18-12;/h1-3,8,12,14,18H,4-7,9-10H2,(H,19,21);1H. The molecule has 1 aromatic carbocycles. The smallest absolute Gasteiger partial charge is 0.249 e. The zero-order chi connectivity index (χ0) is 16.2. The van der Waals surface area contributed by atoms with E-state index in [1.807, 2.05) is 23.9 Å². The predicted molar refractivity (Wildman–Crippen MR) is 101 cm³/mol. The van der Waals surface area contributed by atoms with Gasteiger partial charge in [-0.2, -0.15) is 11.8 Å². The quantitative estimate of drug-likeness (QED) is 0.827. The maximum atomic E-state index is 12.5. The average Bonchev–Trinajstić information content (AvgIpc) is 2.89. The molecule has 1 aromatic rings. The van der Waals surface area contributed by atoms with Crippen LogP contribution >= 0.6 is 35.8 Å². The van der Waals surface area contributed by atoms with Crippen LogP contribution in [0.1, 0.15) is 12.8 Å². The number of carbonyl (C=O) groups is 2. The van der Waals surface area contributed by atoms with E-state index in [9.17, 15) is 9.59 Å². The lowest BCUT2D eigenvalue weighted by atomic mass is 10.2. The van der Waals surface area contributed by atoms with Gasteiger partial charge in [0, 0.05) is 47.8 Å². The Kier molecular flexibility index (Phi) is 7.22. The summed E-state index contributed by atoms with van der Waals surface area (Å²) in [5.41, 5.74) is 0.782. The summed E-state index contributed by atoms with van der Waals surface area (Å²) in [7, 11) is 0. The van der Waals surface area contributed by atoms with Crippen LogP contribution in [0.3, 0.4) is 0 Å². The topological polar surface area (TPSA) is 61.4 Å². The highest BCUT2D eigenvalue weighted by molar-refractivity contribution is 7.99. The first-order chi connectivity index (χ1) is 11.1. The molecule has 132 valence electrons. The number of nitrogens with zero attached hydrogens (tertiary/aromatic N) is 1. The molecule has 0 bridgehead atoms. The second-order valence-corrected chi connectivity index (χ2v) is 7.39. The molecule has 8 heteroatoms. The van der Waals surface area contributed by atoms with Gasteiger partial charge in [-0.1, -0.05) is 17.7 Å². The number of nitrogens with one attached hydrogen (secondary N) is 2. The van der Waals surface area contributed by atoms with Gasteiger partial charge in [0.15, 0.2) is 0 Å². The molecule has 0 saturated carbocycles. The Hall–Kier alpha value is -0.950.